The molecule has 5 nitrogen and oxygen atoms in total. The Morgan fingerprint density at radius 1 is 0.940 bits per heavy atom. The van der Waals surface area contributed by atoms with Crippen LogP contribution in [0, 0.1) is 37.8 Å². The Labute approximate surface area is 312 Å². The second-order valence-electron chi connectivity index (χ2n) is 14.6. The summed E-state index contributed by atoms with van der Waals surface area (Å²) in [6.45, 7) is 18.0. The van der Waals surface area contributed by atoms with Crippen molar-refractivity contribution >= 4 is 21.8 Å². The van der Waals surface area contributed by atoms with E-state index in [9.17, 15) is 0 Å². The van der Waals surface area contributed by atoms with Crippen LogP contribution in [0.25, 0.3) is 33.3 Å². The number of aromatic nitrogens is 4. The average Bonchev–Trinajstić information content (AvgIpc) is 3.56. The number of para-hydroxylation sites is 1. The number of benzene rings is 3. The molecule has 0 fully saturated rings. The first-order valence-electron chi connectivity index (χ1n) is 18.0. The van der Waals surface area contributed by atoms with Crippen LogP contribution >= 0.6 is 0 Å². The Morgan fingerprint density at radius 2 is 1.74 bits per heavy atom. The van der Waals surface area contributed by atoms with E-state index in [0.717, 1.165) is 52.9 Å². The number of pyridine rings is 1. The van der Waals surface area contributed by atoms with E-state index in [1.807, 2.05) is 12.3 Å². The van der Waals surface area contributed by atoms with Gasteiger partial charge >= 0.3 is 21.1 Å². The van der Waals surface area contributed by atoms with Gasteiger partial charge in [-0.05, 0) is 92.6 Å². The van der Waals surface area contributed by atoms with Gasteiger partial charge in [0.1, 0.15) is 5.82 Å². The summed E-state index contributed by atoms with van der Waals surface area (Å²) in [6, 6.07) is 28.5. The number of nitrogens with zero attached hydrogens (tertiary/aromatic N) is 4. The van der Waals surface area contributed by atoms with E-state index in [2.05, 4.69) is 137 Å². The molecule has 6 aromatic rings. The molecule has 0 bridgehead atoms. The number of rotatable bonds is 9. The SMILES string of the molecule is CCCCc1ccnc(-n2c3[c-]c(Oc4[c-]c(-n5nc(C)c(C6C(C)=C[C@H](C)C[C@@H]6C)c5C)cc(C(C)C)c4)ccc3c3ccccc32)c1.[Pt+2]. The summed E-state index contributed by atoms with van der Waals surface area (Å²) in [5.74, 6) is 4.06. The number of allylic oxidation sites excluding steroid dienone is 2. The molecule has 1 aliphatic carbocycles. The minimum Gasteiger partial charge on any atom is -0.509 e. The first kappa shape index (κ1) is 35.9. The predicted molar refractivity (Wildman–Crippen MR) is 202 cm³/mol. The summed E-state index contributed by atoms with van der Waals surface area (Å²) in [7, 11) is 0. The minimum atomic E-state index is 0. The maximum atomic E-state index is 6.65. The van der Waals surface area contributed by atoms with Gasteiger partial charge in [0.25, 0.3) is 0 Å². The second-order valence-corrected chi connectivity index (χ2v) is 14.6. The Kier molecular flexibility index (Phi) is 10.6. The summed E-state index contributed by atoms with van der Waals surface area (Å²) in [4.78, 5) is 4.83. The van der Waals surface area contributed by atoms with Crippen LogP contribution in [0.2, 0.25) is 0 Å². The van der Waals surface area contributed by atoms with Gasteiger partial charge in [0.05, 0.1) is 5.69 Å². The molecule has 0 radical (unpaired) electrons. The largest absolute Gasteiger partial charge is 2.00 e. The predicted octanol–water partition coefficient (Wildman–Crippen LogP) is 11.5. The third-order valence-electron chi connectivity index (χ3n) is 10.4. The average molecular weight is 844 g/mol. The van der Waals surface area contributed by atoms with Crippen molar-refractivity contribution in [2.24, 2.45) is 11.8 Å². The summed E-state index contributed by atoms with van der Waals surface area (Å²) < 4.78 is 10.9. The molecule has 3 atom stereocenters. The fourth-order valence-electron chi connectivity index (χ4n) is 8.10. The Hall–Kier alpha value is -3.95. The molecule has 0 aliphatic heterocycles. The number of aryl methyl sites for hydroxylation is 2. The van der Waals surface area contributed by atoms with Crippen LogP contribution in [-0.2, 0) is 27.5 Å². The molecular formula is C44H48N4OPt. The van der Waals surface area contributed by atoms with E-state index in [1.165, 1.54) is 39.8 Å². The van der Waals surface area contributed by atoms with E-state index in [0.29, 0.717) is 35.2 Å². The molecule has 0 saturated heterocycles. The van der Waals surface area contributed by atoms with Crippen molar-refractivity contribution in [3.8, 4) is 23.0 Å². The molecule has 0 spiro atoms. The number of hydrogen-bond donors (Lipinski definition) is 0. The molecule has 0 N–H and O–H groups in total. The van der Waals surface area contributed by atoms with Crippen LogP contribution in [0.5, 0.6) is 11.5 Å². The molecule has 3 aromatic carbocycles. The van der Waals surface area contributed by atoms with Crippen molar-refractivity contribution in [1.82, 2.24) is 19.3 Å². The van der Waals surface area contributed by atoms with E-state index in [1.54, 1.807) is 0 Å². The standard InChI is InChI=1S/C44H48N4O.Pt/c1-9-10-13-33-18-19-45-42(22-33)47-40-15-12-11-14-38(40)39-17-16-36(26-41(39)47)49-37-24-34(27(2)3)23-35(25-37)48-32(8)44(31(7)46-48)43-29(5)20-28(4)21-30(43)6;/h11-12,14-20,22-24,27-28,30,43H,9-10,13,21H2,1-8H3;/q-2;+2/t28-,30-,43?;/m0./s1. The summed E-state index contributed by atoms with van der Waals surface area (Å²) >= 11 is 0. The fraction of sp³-hybridized carbons (Fsp3) is 0.364. The van der Waals surface area contributed by atoms with Crippen molar-refractivity contribution in [2.45, 2.75) is 92.9 Å². The Morgan fingerprint density at radius 3 is 2.50 bits per heavy atom. The van der Waals surface area contributed by atoms with Gasteiger partial charge in [-0.25, -0.2) is 4.98 Å². The fourth-order valence-corrected chi connectivity index (χ4v) is 8.10. The van der Waals surface area contributed by atoms with Gasteiger partial charge in [0, 0.05) is 40.4 Å². The van der Waals surface area contributed by atoms with Gasteiger partial charge in [0.2, 0.25) is 0 Å². The van der Waals surface area contributed by atoms with E-state index in [-0.39, 0.29) is 21.1 Å². The summed E-state index contributed by atoms with van der Waals surface area (Å²) in [5, 5.41) is 7.40. The molecule has 3 aromatic heterocycles. The van der Waals surface area contributed by atoms with E-state index in [4.69, 9.17) is 14.8 Å². The van der Waals surface area contributed by atoms with Crippen molar-refractivity contribution in [3.63, 3.8) is 0 Å². The number of unbranched alkanes of at least 4 members (excludes halogenated alkanes) is 1. The Bertz CT molecular complexity index is 2190. The molecule has 0 amide bonds. The third-order valence-corrected chi connectivity index (χ3v) is 10.4. The van der Waals surface area contributed by atoms with E-state index < -0.39 is 0 Å². The van der Waals surface area contributed by atoms with Crippen molar-refractivity contribution in [2.75, 3.05) is 0 Å². The summed E-state index contributed by atoms with van der Waals surface area (Å²) in [5.41, 5.74) is 10.5. The maximum Gasteiger partial charge on any atom is 2.00 e. The first-order chi connectivity index (χ1) is 23.6. The van der Waals surface area contributed by atoms with E-state index >= 15 is 0 Å². The van der Waals surface area contributed by atoms with Gasteiger partial charge in [-0.15, -0.1) is 41.3 Å². The molecule has 260 valence electrons. The van der Waals surface area contributed by atoms with Crippen molar-refractivity contribution < 1.29 is 25.8 Å². The van der Waals surface area contributed by atoms with Gasteiger partial charge in [-0.3, -0.25) is 4.68 Å². The van der Waals surface area contributed by atoms with Crippen molar-refractivity contribution in [1.29, 1.82) is 0 Å². The molecule has 1 unspecified atom stereocenters. The molecule has 50 heavy (non-hydrogen) atoms. The molecule has 7 rings (SSSR count). The van der Waals surface area contributed by atoms with Crippen molar-refractivity contribution in [3.05, 3.63) is 119 Å². The van der Waals surface area contributed by atoms with Crippen LogP contribution in [0.4, 0.5) is 0 Å². The van der Waals surface area contributed by atoms with Gasteiger partial charge in [0.15, 0.2) is 0 Å². The molecule has 1 aliphatic rings. The zero-order valence-corrected chi connectivity index (χ0v) is 32.9. The van der Waals surface area contributed by atoms with Crippen LogP contribution in [0.15, 0.2) is 78.5 Å². The summed E-state index contributed by atoms with van der Waals surface area (Å²) in [6.07, 6.45) is 8.92. The monoisotopic (exact) mass is 843 g/mol. The van der Waals surface area contributed by atoms with Gasteiger partial charge < -0.3 is 9.30 Å². The zero-order chi connectivity index (χ0) is 34.4. The van der Waals surface area contributed by atoms with Gasteiger partial charge in [-0.1, -0.05) is 76.4 Å². The molecule has 6 heteroatoms. The molecule has 0 saturated carbocycles. The van der Waals surface area contributed by atoms with Crippen LogP contribution in [0.3, 0.4) is 0 Å². The molecular weight excluding hydrogens is 796 g/mol. The number of ether oxygens (including phenoxy) is 1. The van der Waals surface area contributed by atoms with Crippen LogP contribution in [-0.4, -0.2) is 19.3 Å². The quantitative estimate of drug-likeness (QED) is 0.108. The number of hydrogen-bond acceptors (Lipinski definition) is 3. The smallest absolute Gasteiger partial charge is 0.509 e. The minimum absolute atomic E-state index is 0. The maximum absolute atomic E-state index is 6.65. The normalized spacial score (nSPS) is 17.7. The van der Waals surface area contributed by atoms with Crippen LogP contribution in [0.1, 0.15) is 101 Å². The van der Waals surface area contributed by atoms with Crippen LogP contribution < -0.4 is 4.74 Å². The third kappa shape index (κ3) is 6.74. The second kappa shape index (κ2) is 14.7. The van der Waals surface area contributed by atoms with Gasteiger partial charge in [-0.2, -0.15) is 11.2 Å². The topological polar surface area (TPSA) is 44.9 Å². The first-order valence-corrected chi connectivity index (χ1v) is 18.0. The number of fused-ring (bicyclic) bond motifs is 3. The molecule has 3 heterocycles. The zero-order valence-electron chi connectivity index (χ0n) is 30.6. The Balaban J connectivity index is 0.00000432.